The molecule has 7 heteroatoms. The Balaban J connectivity index is 1.62. The molecule has 0 saturated carbocycles. The van der Waals surface area contributed by atoms with E-state index >= 15 is 0 Å². The third-order valence-corrected chi connectivity index (χ3v) is 5.13. The first-order valence-electron chi connectivity index (χ1n) is 7.78. The van der Waals surface area contributed by atoms with Crippen molar-refractivity contribution >= 4 is 34.1 Å². The van der Waals surface area contributed by atoms with Crippen LogP contribution in [0, 0.1) is 0 Å². The lowest BCUT2D eigenvalue weighted by Crippen LogP contribution is -2.27. The van der Waals surface area contributed by atoms with E-state index in [2.05, 4.69) is 39.9 Å². The van der Waals surface area contributed by atoms with E-state index in [1.165, 1.54) is 28.7 Å². The lowest BCUT2D eigenvalue weighted by atomic mass is 10.1. The van der Waals surface area contributed by atoms with Crippen molar-refractivity contribution in [3.8, 4) is 0 Å². The van der Waals surface area contributed by atoms with Crippen LogP contribution in [0.15, 0.2) is 34.7 Å². The summed E-state index contributed by atoms with van der Waals surface area (Å²) >= 11 is 2.92. The van der Waals surface area contributed by atoms with Gasteiger partial charge in [0.2, 0.25) is 11.0 Å². The molecule has 0 atom stereocenters. The molecule has 1 heterocycles. The van der Waals surface area contributed by atoms with Crippen LogP contribution in [-0.2, 0) is 11.2 Å². The molecule has 2 N–H and O–H groups in total. The number of unbranched alkanes of at least 4 members (excludes halogenated alkanes) is 1. The number of benzene rings is 1. The molecule has 0 aliphatic heterocycles. The van der Waals surface area contributed by atoms with Gasteiger partial charge in [-0.1, -0.05) is 66.8 Å². The SMILES string of the molecule is CCCCNc1nnc(SCC(=O)NCCc2ccccc2)s1. The molecule has 0 radical (unpaired) electrons. The smallest absolute Gasteiger partial charge is 0.230 e. The first-order valence-corrected chi connectivity index (χ1v) is 9.59. The maximum Gasteiger partial charge on any atom is 0.230 e. The zero-order chi connectivity index (χ0) is 16.3. The average molecular weight is 351 g/mol. The standard InChI is InChI=1S/C16H22N4OS2/c1-2-3-10-18-15-19-20-16(23-15)22-12-14(21)17-11-9-13-7-5-4-6-8-13/h4-8H,2-3,9-12H2,1H3,(H,17,21)(H,18,19). The fourth-order valence-corrected chi connectivity index (χ4v) is 3.49. The Kier molecular flexibility index (Phi) is 7.89. The number of carbonyl (C=O) groups is 1. The molecule has 0 aliphatic carbocycles. The molecule has 124 valence electrons. The maximum atomic E-state index is 11.8. The lowest BCUT2D eigenvalue weighted by Gasteiger charge is -2.04. The molecule has 0 aliphatic rings. The van der Waals surface area contributed by atoms with Gasteiger partial charge in [-0.2, -0.15) is 0 Å². The Morgan fingerprint density at radius 2 is 2.04 bits per heavy atom. The number of anilines is 1. The summed E-state index contributed by atoms with van der Waals surface area (Å²) < 4.78 is 0.821. The van der Waals surface area contributed by atoms with Gasteiger partial charge in [0, 0.05) is 13.1 Å². The molecule has 0 saturated heterocycles. The summed E-state index contributed by atoms with van der Waals surface area (Å²) in [5.74, 6) is 0.403. The van der Waals surface area contributed by atoms with E-state index < -0.39 is 0 Å². The van der Waals surface area contributed by atoms with Gasteiger partial charge in [-0.3, -0.25) is 4.79 Å². The fraction of sp³-hybridized carbons (Fsp3) is 0.438. The number of amides is 1. The fourth-order valence-electron chi connectivity index (χ4n) is 1.88. The molecule has 1 aromatic heterocycles. The van der Waals surface area contributed by atoms with E-state index in [0.29, 0.717) is 12.3 Å². The highest BCUT2D eigenvalue weighted by molar-refractivity contribution is 8.01. The quantitative estimate of drug-likeness (QED) is 0.509. The highest BCUT2D eigenvalue weighted by Gasteiger charge is 2.07. The Hall–Kier alpha value is -1.60. The van der Waals surface area contributed by atoms with Crippen molar-refractivity contribution in [3.05, 3.63) is 35.9 Å². The Bertz CT molecular complexity index is 589. The molecule has 0 bridgehead atoms. The molecule has 1 amide bonds. The lowest BCUT2D eigenvalue weighted by molar-refractivity contribution is -0.118. The zero-order valence-corrected chi connectivity index (χ0v) is 14.9. The molecule has 23 heavy (non-hydrogen) atoms. The summed E-state index contributed by atoms with van der Waals surface area (Å²) in [6.45, 7) is 3.72. The normalized spacial score (nSPS) is 10.5. The molecule has 2 aromatic rings. The van der Waals surface area contributed by atoms with Crippen LogP contribution in [0.2, 0.25) is 0 Å². The monoisotopic (exact) mass is 350 g/mol. The molecule has 2 rings (SSSR count). The van der Waals surface area contributed by atoms with Crippen molar-refractivity contribution in [2.24, 2.45) is 0 Å². The summed E-state index contributed by atoms with van der Waals surface area (Å²) in [5, 5.41) is 15.1. The zero-order valence-electron chi connectivity index (χ0n) is 13.2. The molecular weight excluding hydrogens is 328 g/mol. The van der Waals surface area contributed by atoms with E-state index in [1.54, 1.807) is 0 Å². The first kappa shape index (κ1) is 17.7. The predicted octanol–water partition coefficient (Wildman–Crippen LogP) is 3.20. The molecule has 0 unspecified atom stereocenters. The Morgan fingerprint density at radius 3 is 2.83 bits per heavy atom. The van der Waals surface area contributed by atoms with Gasteiger partial charge in [0.1, 0.15) is 0 Å². The van der Waals surface area contributed by atoms with E-state index in [4.69, 9.17) is 0 Å². The Labute approximate surface area is 145 Å². The predicted molar refractivity (Wildman–Crippen MR) is 97.2 cm³/mol. The largest absolute Gasteiger partial charge is 0.360 e. The Morgan fingerprint density at radius 1 is 1.22 bits per heavy atom. The number of rotatable bonds is 10. The highest BCUT2D eigenvalue weighted by Crippen LogP contribution is 2.25. The number of hydrogen-bond donors (Lipinski definition) is 2. The molecule has 1 aromatic carbocycles. The third kappa shape index (κ3) is 7.00. The van der Waals surface area contributed by atoms with Gasteiger partial charge >= 0.3 is 0 Å². The van der Waals surface area contributed by atoms with E-state index in [0.717, 1.165) is 35.3 Å². The van der Waals surface area contributed by atoms with Gasteiger partial charge < -0.3 is 10.6 Å². The molecule has 5 nitrogen and oxygen atoms in total. The van der Waals surface area contributed by atoms with Crippen molar-refractivity contribution in [1.29, 1.82) is 0 Å². The number of nitrogens with one attached hydrogen (secondary N) is 2. The van der Waals surface area contributed by atoms with Crippen molar-refractivity contribution in [2.75, 3.05) is 24.2 Å². The number of aromatic nitrogens is 2. The van der Waals surface area contributed by atoms with Crippen LogP contribution in [0.1, 0.15) is 25.3 Å². The average Bonchev–Trinajstić information content (AvgIpc) is 3.02. The van der Waals surface area contributed by atoms with Crippen LogP contribution in [0.5, 0.6) is 0 Å². The topological polar surface area (TPSA) is 66.9 Å². The first-order chi connectivity index (χ1) is 11.3. The number of nitrogens with zero attached hydrogens (tertiary/aromatic N) is 2. The molecular formula is C16H22N4OS2. The number of carbonyl (C=O) groups excluding carboxylic acids is 1. The number of thioether (sulfide) groups is 1. The highest BCUT2D eigenvalue weighted by atomic mass is 32.2. The minimum absolute atomic E-state index is 0.0293. The van der Waals surface area contributed by atoms with Gasteiger partial charge in [0.25, 0.3) is 0 Å². The second kappa shape index (κ2) is 10.2. The van der Waals surface area contributed by atoms with Gasteiger partial charge in [-0.25, -0.2) is 0 Å². The molecule has 0 fully saturated rings. The molecule has 0 spiro atoms. The van der Waals surface area contributed by atoms with Crippen molar-refractivity contribution < 1.29 is 4.79 Å². The van der Waals surface area contributed by atoms with Crippen LogP contribution in [-0.4, -0.2) is 34.9 Å². The van der Waals surface area contributed by atoms with Crippen LogP contribution in [0.3, 0.4) is 0 Å². The third-order valence-electron chi connectivity index (χ3n) is 3.12. The van der Waals surface area contributed by atoms with Gasteiger partial charge in [-0.05, 0) is 18.4 Å². The maximum absolute atomic E-state index is 11.8. The van der Waals surface area contributed by atoms with Crippen molar-refractivity contribution in [3.63, 3.8) is 0 Å². The summed E-state index contributed by atoms with van der Waals surface area (Å²) in [7, 11) is 0. The second-order valence-corrected chi connectivity index (χ2v) is 7.23. The summed E-state index contributed by atoms with van der Waals surface area (Å²) in [4.78, 5) is 11.8. The van der Waals surface area contributed by atoms with Crippen LogP contribution < -0.4 is 10.6 Å². The van der Waals surface area contributed by atoms with E-state index in [-0.39, 0.29) is 5.91 Å². The minimum Gasteiger partial charge on any atom is -0.360 e. The minimum atomic E-state index is 0.0293. The van der Waals surface area contributed by atoms with Crippen molar-refractivity contribution in [1.82, 2.24) is 15.5 Å². The van der Waals surface area contributed by atoms with Gasteiger partial charge in [0.15, 0.2) is 4.34 Å². The summed E-state index contributed by atoms with van der Waals surface area (Å²) in [6, 6.07) is 10.1. The van der Waals surface area contributed by atoms with Crippen molar-refractivity contribution in [2.45, 2.75) is 30.5 Å². The van der Waals surface area contributed by atoms with Crippen LogP contribution in [0.25, 0.3) is 0 Å². The second-order valence-electron chi connectivity index (χ2n) is 5.03. The summed E-state index contributed by atoms with van der Waals surface area (Å²) in [6.07, 6.45) is 3.12. The summed E-state index contributed by atoms with van der Waals surface area (Å²) in [5.41, 5.74) is 1.23. The van der Waals surface area contributed by atoms with Crippen LogP contribution >= 0.6 is 23.1 Å². The van der Waals surface area contributed by atoms with Gasteiger partial charge in [-0.15, -0.1) is 10.2 Å². The van der Waals surface area contributed by atoms with Gasteiger partial charge in [0.05, 0.1) is 5.75 Å². The van der Waals surface area contributed by atoms with Crippen LogP contribution in [0.4, 0.5) is 5.13 Å². The van der Waals surface area contributed by atoms with E-state index in [9.17, 15) is 4.79 Å². The van der Waals surface area contributed by atoms with E-state index in [1.807, 2.05) is 18.2 Å². The number of hydrogen-bond acceptors (Lipinski definition) is 6.